The molecular weight excluding hydrogens is 396 g/mol. The average molecular weight is 421 g/mol. The molecule has 0 unspecified atom stereocenters. The van der Waals surface area contributed by atoms with Crippen molar-refractivity contribution in [3.05, 3.63) is 70.7 Å². The van der Waals surface area contributed by atoms with E-state index in [2.05, 4.69) is 39.8 Å². The van der Waals surface area contributed by atoms with Crippen molar-refractivity contribution in [2.75, 3.05) is 13.7 Å². The first-order valence-electron chi connectivity index (χ1n) is 9.92. The van der Waals surface area contributed by atoms with Crippen molar-refractivity contribution < 1.29 is 9.53 Å². The fraction of sp³-hybridized carbons (Fsp3) is 0.261. The van der Waals surface area contributed by atoms with Crippen LogP contribution in [0.5, 0.6) is 5.75 Å². The van der Waals surface area contributed by atoms with Crippen LogP contribution < -0.4 is 10.1 Å². The number of ether oxygens (including phenoxy) is 1. The Kier molecular flexibility index (Phi) is 6.09. The molecule has 30 heavy (non-hydrogen) atoms. The summed E-state index contributed by atoms with van der Waals surface area (Å²) >= 11 is 1.57. The number of carbonyl (C=O) groups is 1. The molecule has 0 spiro atoms. The molecule has 0 atom stereocenters. The number of fused-ring (bicyclic) bond motifs is 1. The van der Waals surface area contributed by atoms with Crippen LogP contribution in [0.1, 0.15) is 23.2 Å². The normalized spacial score (nSPS) is 11.0. The van der Waals surface area contributed by atoms with E-state index in [1.165, 1.54) is 5.56 Å². The van der Waals surface area contributed by atoms with Crippen LogP contribution in [0.15, 0.2) is 53.9 Å². The van der Waals surface area contributed by atoms with Gasteiger partial charge in [0, 0.05) is 30.3 Å². The molecule has 2 heterocycles. The molecule has 154 valence electrons. The minimum Gasteiger partial charge on any atom is -0.497 e. The highest BCUT2D eigenvalue weighted by Crippen LogP contribution is 2.21. The Morgan fingerprint density at radius 1 is 1.17 bits per heavy atom. The molecule has 0 aliphatic carbocycles. The number of benzene rings is 2. The summed E-state index contributed by atoms with van der Waals surface area (Å²) in [5.41, 5.74) is 4.38. The fourth-order valence-corrected chi connectivity index (χ4v) is 4.13. The molecule has 0 saturated carbocycles. The predicted molar refractivity (Wildman–Crippen MR) is 119 cm³/mol. The van der Waals surface area contributed by atoms with Crippen molar-refractivity contribution in [2.45, 2.75) is 26.2 Å². The number of hydrogen-bond donors (Lipinski definition) is 1. The zero-order valence-corrected chi connectivity index (χ0v) is 17.9. The molecule has 6 nitrogen and oxygen atoms in total. The van der Waals surface area contributed by atoms with E-state index in [0.29, 0.717) is 25.8 Å². The maximum Gasteiger partial charge on any atom is 0.220 e. The summed E-state index contributed by atoms with van der Waals surface area (Å²) in [6, 6.07) is 16.0. The molecule has 4 aromatic rings. The first-order valence-corrected chi connectivity index (χ1v) is 10.8. The molecule has 1 amide bonds. The Morgan fingerprint density at radius 3 is 2.77 bits per heavy atom. The summed E-state index contributed by atoms with van der Waals surface area (Å²) < 4.78 is 7.04. The van der Waals surface area contributed by atoms with Gasteiger partial charge in [0.2, 0.25) is 10.9 Å². The van der Waals surface area contributed by atoms with Crippen molar-refractivity contribution >= 4 is 22.2 Å². The van der Waals surface area contributed by atoms with Crippen LogP contribution >= 0.6 is 11.3 Å². The molecule has 2 aromatic carbocycles. The van der Waals surface area contributed by atoms with E-state index in [0.717, 1.165) is 33.4 Å². The van der Waals surface area contributed by atoms with Crippen LogP contribution in [0.2, 0.25) is 0 Å². The second-order valence-electron chi connectivity index (χ2n) is 7.17. The second kappa shape index (κ2) is 9.09. The van der Waals surface area contributed by atoms with E-state index in [1.54, 1.807) is 18.4 Å². The minimum atomic E-state index is 0.0522. The van der Waals surface area contributed by atoms with Crippen LogP contribution in [0.4, 0.5) is 0 Å². The standard InChI is InChI=1S/C23H24N4O2S/c1-16-4-3-5-18(14-16)22-25-23-27(26-22)19(15-30-23)12-13-24-21(28)11-8-17-6-9-20(29-2)10-7-17/h3-7,9-10,14-15H,8,11-13H2,1-2H3,(H,24,28). The fourth-order valence-electron chi connectivity index (χ4n) is 3.27. The van der Waals surface area contributed by atoms with E-state index < -0.39 is 0 Å². The Balaban J connectivity index is 1.30. The molecule has 0 bridgehead atoms. The van der Waals surface area contributed by atoms with Crippen LogP contribution in [-0.2, 0) is 17.6 Å². The van der Waals surface area contributed by atoms with Crippen molar-refractivity contribution in [1.29, 1.82) is 0 Å². The minimum absolute atomic E-state index is 0.0522. The van der Waals surface area contributed by atoms with E-state index in [4.69, 9.17) is 4.74 Å². The highest BCUT2D eigenvalue weighted by atomic mass is 32.1. The van der Waals surface area contributed by atoms with Crippen LogP contribution in [0, 0.1) is 6.92 Å². The zero-order chi connectivity index (χ0) is 20.9. The van der Waals surface area contributed by atoms with Crippen molar-refractivity contribution in [3.63, 3.8) is 0 Å². The molecule has 0 saturated heterocycles. The Hall–Kier alpha value is -3.19. The quantitative estimate of drug-likeness (QED) is 0.467. The second-order valence-corrected chi connectivity index (χ2v) is 8.01. The van der Waals surface area contributed by atoms with Gasteiger partial charge < -0.3 is 10.1 Å². The highest BCUT2D eigenvalue weighted by molar-refractivity contribution is 7.15. The van der Waals surface area contributed by atoms with Crippen LogP contribution in [0.25, 0.3) is 16.3 Å². The predicted octanol–water partition coefficient (Wildman–Crippen LogP) is 4.07. The number of aromatic nitrogens is 3. The molecule has 2 aromatic heterocycles. The summed E-state index contributed by atoms with van der Waals surface area (Å²) in [6.45, 7) is 2.64. The van der Waals surface area contributed by atoms with Gasteiger partial charge in [-0.05, 0) is 37.1 Å². The van der Waals surface area contributed by atoms with Crippen molar-refractivity contribution in [1.82, 2.24) is 19.9 Å². The van der Waals surface area contributed by atoms with Gasteiger partial charge in [0.25, 0.3) is 0 Å². The monoisotopic (exact) mass is 420 g/mol. The largest absolute Gasteiger partial charge is 0.497 e. The van der Waals surface area contributed by atoms with Gasteiger partial charge in [0.05, 0.1) is 12.8 Å². The summed E-state index contributed by atoms with van der Waals surface area (Å²) in [5.74, 6) is 1.61. The lowest BCUT2D eigenvalue weighted by Crippen LogP contribution is -2.26. The lowest BCUT2D eigenvalue weighted by Gasteiger charge is -2.06. The summed E-state index contributed by atoms with van der Waals surface area (Å²) in [6.07, 6.45) is 1.89. The first kappa shape index (κ1) is 20.1. The third kappa shape index (κ3) is 4.68. The van der Waals surface area contributed by atoms with Gasteiger partial charge in [0.15, 0.2) is 5.82 Å². The van der Waals surface area contributed by atoms with Gasteiger partial charge in [-0.15, -0.1) is 16.4 Å². The van der Waals surface area contributed by atoms with E-state index in [-0.39, 0.29) is 5.91 Å². The average Bonchev–Trinajstić information content (AvgIpc) is 3.34. The third-order valence-electron chi connectivity index (χ3n) is 4.93. The van der Waals surface area contributed by atoms with Gasteiger partial charge in [-0.1, -0.05) is 35.9 Å². The van der Waals surface area contributed by atoms with Crippen LogP contribution in [-0.4, -0.2) is 34.2 Å². The molecular formula is C23H24N4O2S. The molecule has 0 fully saturated rings. The topological polar surface area (TPSA) is 68.5 Å². The smallest absolute Gasteiger partial charge is 0.220 e. The molecule has 1 N–H and O–H groups in total. The number of aryl methyl sites for hydroxylation is 2. The number of methoxy groups -OCH3 is 1. The van der Waals surface area contributed by atoms with Gasteiger partial charge >= 0.3 is 0 Å². The number of nitrogens with zero attached hydrogens (tertiary/aromatic N) is 3. The number of nitrogens with one attached hydrogen (secondary N) is 1. The summed E-state index contributed by atoms with van der Waals surface area (Å²) in [5, 5.41) is 9.72. The first-order chi connectivity index (χ1) is 14.6. The molecule has 0 radical (unpaired) electrons. The molecule has 0 aliphatic rings. The zero-order valence-electron chi connectivity index (χ0n) is 17.1. The Labute approximate surface area is 179 Å². The Morgan fingerprint density at radius 2 is 2.00 bits per heavy atom. The molecule has 0 aliphatic heterocycles. The Bertz CT molecular complexity index is 1150. The van der Waals surface area contributed by atoms with Gasteiger partial charge in [-0.3, -0.25) is 4.79 Å². The number of carbonyl (C=O) groups excluding carboxylic acids is 1. The van der Waals surface area contributed by atoms with E-state index in [9.17, 15) is 4.79 Å². The summed E-state index contributed by atoms with van der Waals surface area (Å²) in [4.78, 5) is 17.7. The molecule has 4 rings (SSSR count). The summed E-state index contributed by atoms with van der Waals surface area (Å²) in [7, 11) is 1.65. The highest BCUT2D eigenvalue weighted by Gasteiger charge is 2.12. The lowest BCUT2D eigenvalue weighted by molar-refractivity contribution is -0.121. The maximum atomic E-state index is 12.2. The number of amides is 1. The van der Waals surface area contributed by atoms with Gasteiger partial charge in [-0.25, -0.2) is 4.52 Å². The maximum absolute atomic E-state index is 12.2. The van der Waals surface area contributed by atoms with Gasteiger partial charge in [-0.2, -0.15) is 4.98 Å². The van der Waals surface area contributed by atoms with Gasteiger partial charge in [0.1, 0.15) is 5.75 Å². The van der Waals surface area contributed by atoms with E-state index >= 15 is 0 Å². The van der Waals surface area contributed by atoms with Crippen molar-refractivity contribution in [2.24, 2.45) is 0 Å². The lowest BCUT2D eigenvalue weighted by atomic mass is 10.1. The molecule has 7 heteroatoms. The van der Waals surface area contributed by atoms with E-state index in [1.807, 2.05) is 40.9 Å². The third-order valence-corrected chi connectivity index (χ3v) is 5.79. The number of hydrogen-bond acceptors (Lipinski definition) is 5. The number of rotatable bonds is 8. The van der Waals surface area contributed by atoms with Crippen molar-refractivity contribution in [3.8, 4) is 17.1 Å². The van der Waals surface area contributed by atoms with Crippen LogP contribution in [0.3, 0.4) is 0 Å². The number of thiazole rings is 1. The SMILES string of the molecule is COc1ccc(CCC(=O)NCCc2csc3nc(-c4cccc(C)c4)nn23)cc1.